The first-order valence-corrected chi connectivity index (χ1v) is 10.0. The first-order chi connectivity index (χ1) is 13.2. The summed E-state index contributed by atoms with van der Waals surface area (Å²) in [6.45, 7) is 3.41. The summed E-state index contributed by atoms with van der Waals surface area (Å²) in [5.74, 6) is 0. The number of halogens is 1. The molecule has 146 valence electrons. The number of aliphatic hydroxyl groups is 1. The molecule has 1 N–H and O–H groups in total. The van der Waals surface area contributed by atoms with Crippen molar-refractivity contribution in [3.05, 3.63) is 70.7 Å². The average Bonchev–Trinajstić information content (AvgIpc) is 2.70. The molecule has 0 amide bonds. The molecule has 0 radical (unpaired) electrons. The van der Waals surface area contributed by atoms with Gasteiger partial charge in [0, 0.05) is 31.3 Å². The quantitative estimate of drug-likeness (QED) is 0.689. The summed E-state index contributed by atoms with van der Waals surface area (Å²) in [4.78, 5) is 2.22. The molecule has 2 aromatic rings. The summed E-state index contributed by atoms with van der Waals surface area (Å²) in [7, 11) is 0. The van der Waals surface area contributed by atoms with E-state index in [0.29, 0.717) is 18.2 Å². The van der Waals surface area contributed by atoms with E-state index in [1.54, 1.807) is 0 Å². The predicted octanol–water partition coefficient (Wildman–Crippen LogP) is 4.42. The van der Waals surface area contributed by atoms with Crippen molar-refractivity contribution in [1.29, 1.82) is 0 Å². The summed E-state index contributed by atoms with van der Waals surface area (Å²) in [5.41, 5.74) is 2.09. The summed E-state index contributed by atoms with van der Waals surface area (Å²) in [5, 5.41) is 11.3. The third kappa shape index (κ3) is 6.91. The van der Waals surface area contributed by atoms with Gasteiger partial charge in [-0.2, -0.15) is 0 Å². The molecular formula is C22H28ClNO3. The fourth-order valence-electron chi connectivity index (χ4n) is 3.27. The second-order valence-electron chi connectivity index (χ2n) is 6.95. The van der Waals surface area contributed by atoms with Gasteiger partial charge >= 0.3 is 0 Å². The third-order valence-electron chi connectivity index (χ3n) is 4.78. The predicted molar refractivity (Wildman–Crippen MR) is 108 cm³/mol. The zero-order valence-electron chi connectivity index (χ0n) is 15.6. The SMILES string of the molecule is OC(CN(CCOC1CCCCO1)Cc1ccccc1)c1ccc(Cl)cc1. The summed E-state index contributed by atoms with van der Waals surface area (Å²) in [6.07, 6.45) is 2.59. The fourth-order valence-corrected chi connectivity index (χ4v) is 3.39. The molecule has 2 aromatic carbocycles. The summed E-state index contributed by atoms with van der Waals surface area (Å²) < 4.78 is 11.5. The van der Waals surface area contributed by atoms with Gasteiger partial charge in [0.2, 0.25) is 0 Å². The fraction of sp³-hybridized carbons (Fsp3) is 0.455. The van der Waals surface area contributed by atoms with Crippen LogP contribution in [-0.4, -0.2) is 42.6 Å². The highest BCUT2D eigenvalue weighted by Gasteiger charge is 2.17. The standard InChI is InChI=1S/C22H28ClNO3/c23-20-11-9-19(10-12-20)21(25)17-24(16-18-6-2-1-3-7-18)13-15-27-22-8-4-5-14-26-22/h1-3,6-7,9-12,21-22,25H,4-5,8,13-17H2. The van der Waals surface area contributed by atoms with Gasteiger partial charge < -0.3 is 14.6 Å². The maximum absolute atomic E-state index is 10.7. The Morgan fingerprint density at radius 2 is 1.89 bits per heavy atom. The zero-order valence-corrected chi connectivity index (χ0v) is 16.4. The molecule has 1 heterocycles. The molecule has 1 fully saturated rings. The van der Waals surface area contributed by atoms with Crippen LogP contribution in [0.25, 0.3) is 0 Å². The van der Waals surface area contributed by atoms with Crippen LogP contribution in [0.4, 0.5) is 0 Å². The molecule has 0 bridgehead atoms. The van der Waals surface area contributed by atoms with Crippen molar-refractivity contribution in [3.63, 3.8) is 0 Å². The van der Waals surface area contributed by atoms with Crippen LogP contribution in [0.15, 0.2) is 54.6 Å². The van der Waals surface area contributed by atoms with Crippen molar-refractivity contribution in [3.8, 4) is 0 Å². The van der Waals surface area contributed by atoms with Crippen LogP contribution >= 0.6 is 11.6 Å². The van der Waals surface area contributed by atoms with Crippen LogP contribution in [0.5, 0.6) is 0 Å². The van der Waals surface area contributed by atoms with Crippen LogP contribution < -0.4 is 0 Å². The molecule has 5 heteroatoms. The minimum atomic E-state index is -0.572. The Hall–Kier alpha value is -1.43. The zero-order chi connectivity index (χ0) is 18.9. The normalized spacial score (nSPS) is 18.6. The lowest BCUT2D eigenvalue weighted by Crippen LogP contribution is -2.33. The lowest BCUT2D eigenvalue weighted by atomic mass is 10.1. The van der Waals surface area contributed by atoms with Crippen molar-refractivity contribution >= 4 is 11.6 Å². The molecule has 0 saturated carbocycles. The Balaban J connectivity index is 1.57. The smallest absolute Gasteiger partial charge is 0.157 e. The van der Waals surface area contributed by atoms with E-state index in [9.17, 15) is 5.11 Å². The van der Waals surface area contributed by atoms with E-state index in [1.165, 1.54) is 5.56 Å². The Kier molecular flexibility index (Phi) is 8.11. The summed E-state index contributed by atoms with van der Waals surface area (Å²) >= 11 is 5.95. The van der Waals surface area contributed by atoms with Crippen LogP contribution in [0.3, 0.4) is 0 Å². The number of aliphatic hydroxyl groups excluding tert-OH is 1. The highest BCUT2D eigenvalue weighted by Crippen LogP contribution is 2.19. The molecule has 1 aliphatic rings. The van der Waals surface area contributed by atoms with E-state index in [4.69, 9.17) is 21.1 Å². The van der Waals surface area contributed by atoms with Crippen molar-refractivity contribution in [2.75, 3.05) is 26.3 Å². The third-order valence-corrected chi connectivity index (χ3v) is 5.04. The van der Waals surface area contributed by atoms with Gasteiger partial charge in [0.15, 0.2) is 6.29 Å². The molecule has 4 nitrogen and oxygen atoms in total. The number of hydrogen-bond donors (Lipinski definition) is 1. The van der Waals surface area contributed by atoms with Gasteiger partial charge in [-0.15, -0.1) is 0 Å². The number of benzene rings is 2. The Labute approximate surface area is 166 Å². The van der Waals surface area contributed by atoms with Crippen LogP contribution in [0.2, 0.25) is 5.02 Å². The topological polar surface area (TPSA) is 41.9 Å². The van der Waals surface area contributed by atoms with Crippen LogP contribution in [0.1, 0.15) is 36.5 Å². The van der Waals surface area contributed by atoms with E-state index in [2.05, 4.69) is 17.0 Å². The van der Waals surface area contributed by atoms with Gasteiger partial charge in [0.25, 0.3) is 0 Å². The van der Waals surface area contributed by atoms with Crippen molar-refractivity contribution < 1.29 is 14.6 Å². The first kappa shape index (κ1) is 20.3. The molecule has 2 atom stereocenters. The van der Waals surface area contributed by atoms with Gasteiger partial charge in [-0.05, 0) is 42.5 Å². The van der Waals surface area contributed by atoms with Gasteiger partial charge in [-0.3, -0.25) is 4.90 Å². The van der Waals surface area contributed by atoms with E-state index < -0.39 is 6.10 Å². The first-order valence-electron chi connectivity index (χ1n) is 9.64. The monoisotopic (exact) mass is 389 g/mol. The lowest BCUT2D eigenvalue weighted by molar-refractivity contribution is -0.164. The molecule has 3 rings (SSSR count). The largest absolute Gasteiger partial charge is 0.387 e. The lowest BCUT2D eigenvalue weighted by Gasteiger charge is -2.27. The molecule has 2 unspecified atom stereocenters. The second kappa shape index (κ2) is 10.8. The highest BCUT2D eigenvalue weighted by molar-refractivity contribution is 6.30. The number of rotatable bonds is 9. The second-order valence-corrected chi connectivity index (χ2v) is 7.39. The van der Waals surface area contributed by atoms with E-state index in [1.807, 2.05) is 42.5 Å². The molecule has 1 saturated heterocycles. The highest BCUT2D eigenvalue weighted by atomic mass is 35.5. The van der Waals surface area contributed by atoms with Gasteiger partial charge in [0.1, 0.15) is 0 Å². The Morgan fingerprint density at radius 3 is 2.59 bits per heavy atom. The van der Waals surface area contributed by atoms with Crippen LogP contribution in [0, 0.1) is 0 Å². The maximum Gasteiger partial charge on any atom is 0.157 e. The van der Waals surface area contributed by atoms with E-state index in [-0.39, 0.29) is 6.29 Å². The van der Waals surface area contributed by atoms with E-state index in [0.717, 1.165) is 44.5 Å². The van der Waals surface area contributed by atoms with Crippen molar-refractivity contribution in [2.24, 2.45) is 0 Å². The molecule has 27 heavy (non-hydrogen) atoms. The molecule has 0 aromatic heterocycles. The minimum Gasteiger partial charge on any atom is -0.387 e. The Bertz CT molecular complexity index is 659. The molecule has 1 aliphatic heterocycles. The van der Waals surface area contributed by atoms with Crippen molar-refractivity contribution in [1.82, 2.24) is 4.90 Å². The van der Waals surface area contributed by atoms with Gasteiger partial charge in [-0.25, -0.2) is 0 Å². The summed E-state index contributed by atoms with van der Waals surface area (Å²) in [6, 6.07) is 17.7. The number of hydrogen-bond acceptors (Lipinski definition) is 4. The number of ether oxygens (including phenoxy) is 2. The Morgan fingerprint density at radius 1 is 1.11 bits per heavy atom. The van der Waals surface area contributed by atoms with Gasteiger partial charge in [0.05, 0.1) is 12.7 Å². The van der Waals surface area contributed by atoms with Crippen LogP contribution in [-0.2, 0) is 16.0 Å². The van der Waals surface area contributed by atoms with Crippen molar-refractivity contribution in [2.45, 2.75) is 38.2 Å². The average molecular weight is 390 g/mol. The van der Waals surface area contributed by atoms with E-state index >= 15 is 0 Å². The molecule has 0 spiro atoms. The van der Waals surface area contributed by atoms with Gasteiger partial charge in [-0.1, -0.05) is 54.1 Å². The molecule has 0 aliphatic carbocycles. The molecular weight excluding hydrogens is 362 g/mol. The number of nitrogens with zero attached hydrogens (tertiary/aromatic N) is 1. The minimum absolute atomic E-state index is 0.0847. The maximum atomic E-state index is 10.7.